The lowest BCUT2D eigenvalue weighted by Crippen LogP contribution is -2.40. The maximum Gasteiger partial charge on any atom is 0.335 e. The number of nitrogens with zero attached hydrogens (tertiary/aromatic N) is 1. The standard InChI is InChI=1S/C37H39N3O8/c1-24-9-7-8-12-30(24)38-37(44)39-31-15-13-26(17-33(31)45-2)18-35(41)40-21-29(47-22-25-10-5-4-6-11-25)20-28(40)23-48-32-16-14-27(36(42)43)19-34(32)46-3/h4-17,19,28-29H,18,20-23H2,1-3H3,(H,42,43)(H2,38,39,44)/t28?,29-/m1/s1. The van der Waals surface area contributed by atoms with Gasteiger partial charge in [0.05, 0.1) is 50.6 Å². The van der Waals surface area contributed by atoms with Gasteiger partial charge in [0.15, 0.2) is 11.5 Å². The van der Waals surface area contributed by atoms with Crippen molar-refractivity contribution in [3.8, 4) is 17.2 Å². The number of methoxy groups -OCH3 is 2. The molecule has 0 radical (unpaired) electrons. The van der Waals surface area contributed by atoms with Crippen molar-refractivity contribution in [2.75, 3.05) is 38.0 Å². The highest BCUT2D eigenvalue weighted by atomic mass is 16.5. The molecule has 4 aromatic rings. The molecule has 1 aliphatic rings. The monoisotopic (exact) mass is 653 g/mol. The van der Waals surface area contributed by atoms with Gasteiger partial charge < -0.3 is 39.6 Å². The van der Waals surface area contributed by atoms with Gasteiger partial charge in [0.2, 0.25) is 5.91 Å². The van der Waals surface area contributed by atoms with Crippen LogP contribution >= 0.6 is 0 Å². The molecule has 3 amide bonds. The molecule has 48 heavy (non-hydrogen) atoms. The van der Waals surface area contributed by atoms with Crippen molar-refractivity contribution in [2.24, 2.45) is 0 Å². The quantitative estimate of drug-likeness (QED) is 0.156. The number of para-hydroxylation sites is 1. The van der Waals surface area contributed by atoms with Crippen LogP contribution in [0.3, 0.4) is 0 Å². The zero-order valence-corrected chi connectivity index (χ0v) is 27.1. The smallest absolute Gasteiger partial charge is 0.335 e. The predicted octanol–water partition coefficient (Wildman–Crippen LogP) is 6.16. The first-order chi connectivity index (χ1) is 23.2. The van der Waals surface area contributed by atoms with Gasteiger partial charge in [-0.1, -0.05) is 54.6 Å². The van der Waals surface area contributed by atoms with Crippen molar-refractivity contribution in [1.29, 1.82) is 0 Å². The fourth-order valence-corrected chi connectivity index (χ4v) is 5.57. The molecule has 0 aliphatic carbocycles. The first-order valence-corrected chi connectivity index (χ1v) is 15.5. The molecule has 0 bridgehead atoms. The highest BCUT2D eigenvalue weighted by molar-refractivity contribution is 6.01. The van der Waals surface area contributed by atoms with Crippen LogP contribution in [0, 0.1) is 6.92 Å². The second-order valence-corrected chi connectivity index (χ2v) is 11.4. The Hall–Kier alpha value is -5.55. The summed E-state index contributed by atoms with van der Waals surface area (Å²) in [5, 5.41) is 15.0. The number of urea groups is 1. The van der Waals surface area contributed by atoms with E-state index in [0.717, 1.165) is 11.1 Å². The Balaban J connectivity index is 1.27. The van der Waals surface area contributed by atoms with Crippen LogP contribution in [-0.4, -0.2) is 67.4 Å². The van der Waals surface area contributed by atoms with Crippen LogP contribution in [0.2, 0.25) is 0 Å². The van der Waals surface area contributed by atoms with E-state index < -0.39 is 12.0 Å². The number of anilines is 2. The van der Waals surface area contributed by atoms with Crippen LogP contribution in [0.1, 0.15) is 33.5 Å². The van der Waals surface area contributed by atoms with Crippen molar-refractivity contribution < 1.29 is 38.4 Å². The second kappa shape index (κ2) is 15.8. The zero-order chi connectivity index (χ0) is 34.0. The van der Waals surface area contributed by atoms with Gasteiger partial charge in [0.1, 0.15) is 12.4 Å². The van der Waals surface area contributed by atoms with E-state index in [-0.39, 0.29) is 42.4 Å². The number of ether oxygens (including phenoxy) is 4. The minimum atomic E-state index is -1.07. The average molecular weight is 654 g/mol. The normalized spacial score (nSPS) is 15.4. The lowest BCUT2D eigenvalue weighted by Gasteiger charge is -2.25. The predicted molar refractivity (Wildman–Crippen MR) is 181 cm³/mol. The summed E-state index contributed by atoms with van der Waals surface area (Å²) in [4.78, 5) is 39.7. The summed E-state index contributed by atoms with van der Waals surface area (Å²) < 4.78 is 23.2. The zero-order valence-electron chi connectivity index (χ0n) is 27.1. The van der Waals surface area contributed by atoms with Crippen LogP contribution in [0.15, 0.2) is 91.0 Å². The number of rotatable bonds is 13. The Kier molecular flexibility index (Phi) is 11.1. The van der Waals surface area contributed by atoms with Crippen molar-refractivity contribution in [3.63, 3.8) is 0 Å². The molecule has 3 N–H and O–H groups in total. The van der Waals surface area contributed by atoms with Crippen molar-refractivity contribution in [2.45, 2.75) is 38.5 Å². The summed E-state index contributed by atoms with van der Waals surface area (Å²) >= 11 is 0. The first-order valence-electron chi connectivity index (χ1n) is 15.5. The van der Waals surface area contributed by atoms with E-state index in [1.54, 1.807) is 29.2 Å². The molecule has 0 aromatic heterocycles. The van der Waals surface area contributed by atoms with Crippen LogP contribution in [0.25, 0.3) is 0 Å². The summed E-state index contributed by atoms with van der Waals surface area (Å²) in [6.07, 6.45) is 0.424. The number of amides is 3. The van der Waals surface area contributed by atoms with Gasteiger partial charge in [-0.25, -0.2) is 9.59 Å². The van der Waals surface area contributed by atoms with Gasteiger partial charge in [-0.15, -0.1) is 0 Å². The van der Waals surface area contributed by atoms with Gasteiger partial charge in [0.25, 0.3) is 0 Å². The van der Waals surface area contributed by atoms with Crippen LogP contribution < -0.4 is 24.8 Å². The molecule has 250 valence electrons. The fraction of sp³-hybridized carbons (Fsp3) is 0.270. The summed E-state index contributed by atoms with van der Waals surface area (Å²) in [5.41, 5.74) is 3.91. The van der Waals surface area contributed by atoms with E-state index in [9.17, 15) is 19.5 Å². The Morgan fingerprint density at radius 1 is 0.812 bits per heavy atom. The van der Waals surface area contributed by atoms with Gasteiger partial charge in [-0.05, 0) is 66.4 Å². The molecule has 4 aromatic carbocycles. The number of hydrogen-bond donors (Lipinski definition) is 3. The van der Waals surface area contributed by atoms with Crippen LogP contribution in [0.5, 0.6) is 17.2 Å². The van der Waals surface area contributed by atoms with Gasteiger partial charge in [-0.2, -0.15) is 0 Å². The summed E-state index contributed by atoms with van der Waals surface area (Å²) in [6, 6.07) is 26.2. The topological polar surface area (TPSA) is 136 Å². The number of carbonyl (C=O) groups excluding carboxylic acids is 2. The Bertz CT molecular complexity index is 1750. The van der Waals surface area contributed by atoms with E-state index in [4.69, 9.17) is 18.9 Å². The third-order valence-electron chi connectivity index (χ3n) is 8.13. The number of hydrogen-bond acceptors (Lipinski definition) is 7. The maximum atomic E-state index is 13.8. The molecule has 11 nitrogen and oxygen atoms in total. The number of benzene rings is 4. The summed E-state index contributed by atoms with van der Waals surface area (Å²) in [6.45, 7) is 2.85. The molecule has 1 saturated heterocycles. The SMILES string of the molecule is COc1cc(CC(=O)N2C[C@H](OCc3ccccc3)CC2COc2ccc(C(=O)O)cc2OC)ccc1NC(=O)Nc1ccccc1C. The van der Waals surface area contributed by atoms with E-state index in [2.05, 4.69) is 10.6 Å². The number of aryl methyl sites for hydroxylation is 1. The number of aromatic carboxylic acids is 1. The fourth-order valence-electron chi connectivity index (χ4n) is 5.57. The highest BCUT2D eigenvalue weighted by Gasteiger charge is 2.36. The molecule has 5 rings (SSSR count). The molecular weight excluding hydrogens is 614 g/mol. The Morgan fingerprint density at radius 2 is 1.54 bits per heavy atom. The lowest BCUT2D eigenvalue weighted by atomic mass is 10.1. The van der Waals surface area contributed by atoms with Crippen molar-refractivity contribution >= 4 is 29.3 Å². The number of carbonyl (C=O) groups is 3. The number of likely N-dealkylation sites (tertiary alicyclic amines) is 1. The molecule has 0 saturated carbocycles. The number of nitrogens with one attached hydrogen (secondary N) is 2. The molecule has 1 aliphatic heterocycles. The van der Waals surface area contributed by atoms with E-state index in [1.165, 1.54) is 26.4 Å². The Morgan fingerprint density at radius 3 is 2.27 bits per heavy atom. The molecule has 11 heteroatoms. The molecule has 2 atom stereocenters. The molecule has 1 heterocycles. The number of carboxylic acids is 1. The molecule has 0 spiro atoms. The van der Waals surface area contributed by atoms with E-state index >= 15 is 0 Å². The lowest BCUT2D eigenvalue weighted by molar-refractivity contribution is -0.132. The second-order valence-electron chi connectivity index (χ2n) is 11.4. The number of carboxylic acid groups (broad SMARTS) is 1. The molecule has 1 fully saturated rings. The molecular formula is C37H39N3O8. The minimum absolute atomic E-state index is 0.0785. The Labute approximate surface area is 279 Å². The highest BCUT2D eigenvalue weighted by Crippen LogP contribution is 2.31. The van der Waals surface area contributed by atoms with Crippen molar-refractivity contribution in [1.82, 2.24) is 4.90 Å². The summed E-state index contributed by atoms with van der Waals surface area (Å²) in [7, 11) is 2.95. The van der Waals surface area contributed by atoms with Gasteiger partial charge in [-0.3, -0.25) is 4.79 Å². The summed E-state index contributed by atoms with van der Waals surface area (Å²) in [5.74, 6) is -0.110. The van der Waals surface area contributed by atoms with Crippen LogP contribution in [-0.2, 0) is 22.6 Å². The van der Waals surface area contributed by atoms with E-state index in [0.29, 0.717) is 48.0 Å². The van der Waals surface area contributed by atoms with Crippen LogP contribution in [0.4, 0.5) is 16.2 Å². The van der Waals surface area contributed by atoms with Gasteiger partial charge in [0, 0.05) is 12.2 Å². The maximum absolute atomic E-state index is 13.8. The third kappa shape index (κ3) is 8.62. The first kappa shape index (κ1) is 33.8. The largest absolute Gasteiger partial charge is 0.495 e. The minimum Gasteiger partial charge on any atom is -0.495 e. The van der Waals surface area contributed by atoms with Gasteiger partial charge >= 0.3 is 12.0 Å². The van der Waals surface area contributed by atoms with E-state index in [1.807, 2.05) is 61.5 Å². The molecule has 1 unspecified atom stereocenters. The third-order valence-corrected chi connectivity index (χ3v) is 8.13. The average Bonchev–Trinajstić information content (AvgIpc) is 3.51. The van der Waals surface area contributed by atoms with Crippen molar-refractivity contribution in [3.05, 3.63) is 113 Å².